The van der Waals surface area contributed by atoms with Crippen LogP contribution in [0.15, 0.2) is 52.0 Å². The van der Waals surface area contributed by atoms with Crippen LogP contribution in [-0.2, 0) is 21.3 Å². The molecule has 0 aliphatic carbocycles. The lowest BCUT2D eigenvalue weighted by molar-refractivity contribution is 0.0729. The van der Waals surface area contributed by atoms with Crippen LogP contribution in [0.25, 0.3) is 0 Å². The Morgan fingerprint density at radius 1 is 1.15 bits per heavy atom. The number of sulfonamides is 1. The van der Waals surface area contributed by atoms with Crippen LogP contribution in [0, 0.1) is 13.8 Å². The molecule has 1 N–H and O–H groups in total. The maximum absolute atomic E-state index is 13.2. The van der Waals surface area contributed by atoms with Gasteiger partial charge in [0.25, 0.3) is 5.91 Å². The first-order valence-corrected chi connectivity index (χ1v) is 12.0. The van der Waals surface area contributed by atoms with Gasteiger partial charge in [-0.25, -0.2) is 8.42 Å². The summed E-state index contributed by atoms with van der Waals surface area (Å²) in [4.78, 5) is 13.1. The molecule has 2 aromatic heterocycles. The molecule has 0 radical (unpaired) electrons. The fourth-order valence-corrected chi connectivity index (χ4v) is 5.50. The Hall–Kier alpha value is -3.08. The minimum absolute atomic E-state index is 0.00740. The molecule has 1 aliphatic heterocycles. The third kappa shape index (κ3) is 4.68. The second kappa shape index (κ2) is 9.42. The molecule has 1 aliphatic rings. The zero-order valence-electron chi connectivity index (χ0n) is 18.8. The average molecular weight is 474 g/mol. The quantitative estimate of drug-likeness (QED) is 0.566. The van der Waals surface area contributed by atoms with Crippen LogP contribution in [0.1, 0.15) is 27.5 Å². The largest absolute Gasteiger partial charge is 0.495 e. The zero-order valence-corrected chi connectivity index (χ0v) is 19.6. The molecule has 0 saturated carbocycles. The molecular formula is C23H27N3O6S. The van der Waals surface area contributed by atoms with E-state index in [1.807, 2.05) is 36.6 Å². The second-order valence-corrected chi connectivity index (χ2v) is 9.69. The summed E-state index contributed by atoms with van der Waals surface area (Å²) in [7, 11) is -2.39. The Bertz CT molecular complexity index is 1240. The molecule has 0 atom stereocenters. The molecule has 3 aromatic rings. The Balaban J connectivity index is 1.59. The molecule has 3 heterocycles. The van der Waals surface area contributed by atoms with Gasteiger partial charge < -0.3 is 23.8 Å². The fraction of sp³-hybridized carbons (Fsp3) is 0.348. The monoisotopic (exact) mass is 473 g/mol. The molecule has 9 nitrogen and oxygen atoms in total. The van der Waals surface area contributed by atoms with Gasteiger partial charge in [-0.05, 0) is 50.2 Å². The molecular weight excluding hydrogens is 446 g/mol. The number of morpholine rings is 1. The van der Waals surface area contributed by atoms with Gasteiger partial charge in [-0.3, -0.25) is 4.79 Å². The molecule has 0 spiro atoms. The lowest BCUT2D eigenvalue weighted by atomic mass is 10.2. The number of nitrogens with one attached hydrogen (secondary N) is 1. The van der Waals surface area contributed by atoms with Gasteiger partial charge in [0.15, 0.2) is 0 Å². The summed E-state index contributed by atoms with van der Waals surface area (Å²) >= 11 is 0. The summed E-state index contributed by atoms with van der Waals surface area (Å²) in [6.45, 7) is 5.52. The van der Waals surface area contributed by atoms with Crippen molar-refractivity contribution in [3.63, 3.8) is 0 Å². The first kappa shape index (κ1) is 23.1. The van der Waals surface area contributed by atoms with Gasteiger partial charge in [0.1, 0.15) is 16.4 Å². The fourth-order valence-electron chi connectivity index (χ4n) is 3.91. The molecule has 10 heteroatoms. The number of aryl methyl sites for hydroxylation is 1. The van der Waals surface area contributed by atoms with Crippen molar-refractivity contribution in [1.29, 1.82) is 0 Å². The summed E-state index contributed by atoms with van der Waals surface area (Å²) < 4.78 is 45.7. The minimum Gasteiger partial charge on any atom is -0.495 e. The maximum Gasteiger partial charge on any atom is 0.257 e. The maximum atomic E-state index is 13.2. The SMILES string of the molecule is COc1ccc(NC(=O)c2cc(C)n(Cc3ccco3)c2C)cc1S(=O)(=O)N1CCOCC1. The molecule has 1 saturated heterocycles. The molecule has 1 aromatic carbocycles. The van der Waals surface area contributed by atoms with E-state index in [4.69, 9.17) is 13.9 Å². The zero-order chi connectivity index (χ0) is 23.6. The third-order valence-electron chi connectivity index (χ3n) is 5.72. The summed E-state index contributed by atoms with van der Waals surface area (Å²) in [5.41, 5.74) is 2.58. The molecule has 176 valence electrons. The highest BCUT2D eigenvalue weighted by Crippen LogP contribution is 2.30. The molecule has 4 rings (SSSR count). The smallest absolute Gasteiger partial charge is 0.257 e. The summed E-state index contributed by atoms with van der Waals surface area (Å²) in [5.74, 6) is 0.682. The lowest BCUT2D eigenvalue weighted by Gasteiger charge is -2.26. The summed E-state index contributed by atoms with van der Waals surface area (Å²) in [5, 5.41) is 2.83. The van der Waals surface area contributed by atoms with E-state index in [0.717, 1.165) is 17.1 Å². The first-order valence-electron chi connectivity index (χ1n) is 10.6. The number of anilines is 1. The van der Waals surface area contributed by atoms with Crippen LogP contribution >= 0.6 is 0 Å². The van der Waals surface area contributed by atoms with Crippen molar-refractivity contribution in [1.82, 2.24) is 8.87 Å². The van der Waals surface area contributed by atoms with Crippen molar-refractivity contribution < 1.29 is 27.1 Å². The minimum atomic E-state index is -3.81. The number of nitrogens with zero attached hydrogens (tertiary/aromatic N) is 2. The second-order valence-electron chi connectivity index (χ2n) is 7.79. The normalized spacial score (nSPS) is 14.9. The number of carbonyl (C=O) groups is 1. The van der Waals surface area contributed by atoms with Gasteiger partial charge in [0.05, 0.1) is 38.7 Å². The van der Waals surface area contributed by atoms with Crippen molar-refractivity contribution in [3.8, 4) is 5.75 Å². The standard InChI is InChI=1S/C23H27N3O6S/c1-16-13-20(17(2)26(16)15-19-5-4-10-32-19)23(27)24-18-6-7-21(30-3)22(14-18)33(28,29)25-8-11-31-12-9-25/h4-7,10,13-14H,8-9,11-12,15H2,1-3H3,(H,24,27). The van der Waals surface area contributed by atoms with E-state index in [1.54, 1.807) is 18.4 Å². The number of aromatic nitrogens is 1. The predicted molar refractivity (Wildman–Crippen MR) is 122 cm³/mol. The first-order chi connectivity index (χ1) is 15.8. The van der Waals surface area contributed by atoms with Gasteiger partial charge in [-0.15, -0.1) is 0 Å². The average Bonchev–Trinajstić information content (AvgIpc) is 3.43. The number of ether oxygens (including phenoxy) is 2. The van der Waals surface area contributed by atoms with E-state index < -0.39 is 10.0 Å². The number of amides is 1. The van der Waals surface area contributed by atoms with E-state index in [9.17, 15) is 13.2 Å². The van der Waals surface area contributed by atoms with E-state index in [-0.39, 0.29) is 29.6 Å². The molecule has 0 bridgehead atoms. The van der Waals surface area contributed by atoms with Gasteiger partial charge in [-0.2, -0.15) is 4.31 Å². The number of hydrogen-bond donors (Lipinski definition) is 1. The summed E-state index contributed by atoms with van der Waals surface area (Å²) in [6.07, 6.45) is 1.61. The van der Waals surface area contributed by atoms with Crippen molar-refractivity contribution in [2.24, 2.45) is 0 Å². The number of rotatable bonds is 7. The Morgan fingerprint density at radius 3 is 2.58 bits per heavy atom. The highest BCUT2D eigenvalue weighted by atomic mass is 32.2. The van der Waals surface area contributed by atoms with Gasteiger partial charge in [0, 0.05) is 30.2 Å². The number of carbonyl (C=O) groups excluding carboxylic acids is 1. The van der Waals surface area contributed by atoms with E-state index in [0.29, 0.717) is 31.0 Å². The van der Waals surface area contributed by atoms with Crippen molar-refractivity contribution in [2.45, 2.75) is 25.3 Å². The number of furan rings is 1. The molecule has 33 heavy (non-hydrogen) atoms. The van der Waals surface area contributed by atoms with Crippen LogP contribution < -0.4 is 10.1 Å². The number of hydrogen-bond acceptors (Lipinski definition) is 6. The van der Waals surface area contributed by atoms with Crippen LogP contribution in [0.3, 0.4) is 0 Å². The molecule has 1 fully saturated rings. The number of methoxy groups -OCH3 is 1. The van der Waals surface area contributed by atoms with Crippen LogP contribution in [0.4, 0.5) is 5.69 Å². The number of benzene rings is 1. The van der Waals surface area contributed by atoms with Crippen LogP contribution in [0.2, 0.25) is 0 Å². The van der Waals surface area contributed by atoms with Crippen LogP contribution in [-0.4, -0.2) is 56.6 Å². The Morgan fingerprint density at radius 2 is 1.91 bits per heavy atom. The molecule has 1 amide bonds. The van der Waals surface area contributed by atoms with Crippen molar-refractivity contribution >= 4 is 21.6 Å². The highest BCUT2D eigenvalue weighted by molar-refractivity contribution is 7.89. The predicted octanol–water partition coefficient (Wildman–Crippen LogP) is 3.03. The summed E-state index contributed by atoms with van der Waals surface area (Å²) in [6, 6.07) is 10.1. The Labute approximate surface area is 192 Å². The topological polar surface area (TPSA) is 103 Å². The van der Waals surface area contributed by atoms with Gasteiger partial charge >= 0.3 is 0 Å². The van der Waals surface area contributed by atoms with E-state index in [1.165, 1.54) is 17.5 Å². The Kier molecular flexibility index (Phi) is 6.59. The van der Waals surface area contributed by atoms with E-state index in [2.05, 4.69) is 5.32 Å². The van der Waals surface area contributed by atoms with Crippen LogP contribution in [0.5, 0.6) is 5.75 Å². The van der Waals surface area contributed by atoms with E-state index >= 15 is 0 Å². The van der Waals surface area contributed by atoms with Gasteiger partial charge in [-0.1, -0.05) is 0 Å². The highest BCUT2D eigenvalue weighted by Gasteiger charge is 2.30. The molecule has 0 unspecified atom stereocenters. The van der Waals surface area contributed by atoms with Crippen molar-refractivity contribution in [2.75, 3.05) is 38.7 Å². The third-order valence-corrected chi connectivity index (χ3v) is 7.64. The van der Waals surface area contributed by atoms with Crippen molar-refractivity contribution in [3.05, 3.63) is 65.4 Å². The van der Waals surface area contributed by atoms with Gasteiger partial charge in [0.2, 0.25) is 10.0 Å². The lowest BCUT2D eigenvalue weighted by Crippen LogP contribution is -2.40.